The molecule has 0 atom stereocenters. The third kappa shape index (κ3) is 0.792. The van der Waals surface area contributed by atoms with E-state index in [4.69, 9.17) is 0 Å². The Morgan fingerprint density at radius 3 is 1.86 bits per heavy atom. The van der Waals surface area contributed by atoms with E-state index in [1.807, 2.05) is 0 Å². The SMILES string of the molecule is O=C1C(F)(F)C(F)(F)C12CCCCC2. The Kier molecular flexibility index (Phi) is 1.77. The Balaban J connectivity index is 2.34. The van der Waals surface area contributed by atoms with Crippen LogP contribution in [0.2, 0.25) is 0 Å². The summed E-state index contributed by atoms with van der Waals surface area (Å²) >= 11 is 0. The van der Waals surface area contributed by atoms with Gasteiger partial charge in [0.25, 0.3) is 0 Å². The second-order valence-electron chi connectivity index (χ2n) is 4.12. The fraction of sp³-hybridized carbons (Fsp3) is 0.889. The van der Waals surface area contributed by atoms with Crippen LogP contribution in [-0.4, -0.2) is 17.6 Å². The predicted octanol–water partition coefficient (Wildman–Crippen LogP) is 2.79. The molecule has 2 aliphatic rings. The molecule has 1 nitrogen and oxygen atoms in total. The molecule has 2 saturated carbocycles. The number of ketones is 1. The quantitative estimate of drug-likeness (QED) is 0.562. The van der Waals surface area contributed by atoms with Crippen molar-refractivity contribution in [1.29, 1.82) is 0 Å². The summed E-state index contributed by atoms with van der Waals surface area (Å²) in [5.74, 6) is -10.1. The van der Waals surface area contributed by atoms with Crippen molar-refractivity contribution in [2.24, 2.45) is 5.41 Å². The third-order valence-corrected chi connectivity index (χ3v) is 3.42. The summed E-state index contributed by atoms with van der Waals surface area (Å²) < 4.78 is 51.6. The molecule has 0 saturated heterocycles. The number of hydrogen-bond acceptors (Lipinski definition) is 1. The molecule has 0 aromatic rings. The van der Waals surface area contributed by atoms with Crippen LogP contribution in [0.3, 0.4) is 0 Å². The highest BCUT2D eigenvalue weighted by Gasteiger charge is 2.86. The first kappa shape index (κ1) is 9.93. The van der Waals surface area contributed by atoms with E-state index in [0.717, 1.165) is 6.42 Å². The molecule has 0 aromatic heterocycles. The van der Waals surface area contributed by atoms with Gasteiger partial charge in [-0.15, -0.1) is 0 Å². The van der Waals surface area contributed by atoms with Crippen molar-refractivity contribution in [2.75, 3.05) is 0 Å². The van der Waals surface area contributed by atoms with Crippen molar-refractivity contribution in [1.82, 2.24) is 0 Å². The first-order chi connectivity index (χ1) is 6.36. The summed E-state index contributed by atoms with van der Waals surface area (Å²) in [5.41, 5.74) is -2.03. The summed E-state index contributed by atoms with van der Waals surface area (Å²) in [6.07, 6.45) is 1.45. The largest absolute Gasteiger partial charge is 0.368 e. The average Bonchev–Trinajstić information content (AvgIpc) is 2.17. The smallest absolute Gasteiger partial charge is 0.292 e. The molecule has 0 N–H and O–H groups in total. The number of alkyl halides is 4. The van der Waals surface area contributed by atoms with Gasteiger partial charge in [-0.2, -0.15) is 17.6 Å². The zero-order chi connectivity index (χ0) is 10.6. The lowest BCUT2D eigenvalue weighted by atomic mass is 9.55. The normalized spacial score (nSPS) is 32.7. The number of carbonyl (C=O) groups is 1. The van der Waals surface area contributed by atoms with Crippen LogP contribution >= 0.6 is 0 Å². The monoisotopic (exact) mass is 210 g/mol. The van der Waals surface area contributed by atoms with E-state index < -0.39 is 23.0 Å². The number of carbonyl (C=O) groups excluding carboxylic acids is 1. The summed E-state index contributed by atoms with van der Waals surface area (Å²) in [7, 11) is 0. The highest BCUT2D eigenvalue weighted by molar-refractivity contribution is 6.00. The van der Waals surface area contributed by atoms with Crippen LogP contribution < -0.4 is 0 Å². The molecule has 0 heterocycles. The lowest BCUT2D eigenvalue weighted by Crippen LogP contribution is -2.75. The second kappa shape index (κ2) is 2.49. The Bertz CT molecular complexity index is 279. The molecule has 0 amide bonds. The van der Waals surface area contributed by atoms with Gasteiger partial charge in [-0.3, -0.25) is 4.79 Å². The second-order valence-corrected chi connectivity index (χ2v) is 4.12. The van der Waals surface area contributed by atoms with Crippen LogP contribution in [0.1, 0.15) is 32.1 Å². The van der Waals surface area contributed by atoms with Crippen molar-refractivity contribution < 1.29 is 22.4 Å². The molecule has 5 heteroatoms. The van der Waals surface area contributed by atoms with E-state index >= 15 is 0 Å². The average molecular weight is 210 g/mol. The van der Waals surface area contributed by atoms with Crippen molar-refractivity contribution >= 4 is 5.78 Å². The van der Waals surface area contributed by atoms with Gasteiger partial charge in [0.2, 0.25) is 5.78 Å². The maximum Gasteiger partial charge on any atom is 0.368 e. The molecule has 0 aliphatic heterocycles. The zero-order valence-electron chi connectivity index (χ0n) is 7.46. The zero-order valence-corrected chi connectivity index (χ0v) is 7.46. The number of halogens is 4. The molecular weight excluding hydrogens is 200 g/mol. The van der Waals surface area contributed by atoms with E-state index in [1.54, 1.807) is 0 Å². The summed E-state index contributed by atoms with van der Waals surface area (Å²) in [6, 6.07) is 0. The van der Waals surface area contributed by atoms with Gasteiger partial charge in [0, 0.05) is 0 Å². The topological polar surface area (TPSA) is 17.1 Å². The molecule has 0 aromatic carbocycles. The summed E-state index contributed by atoms with van der Waals surface area (Å²) in [6.45, 7) is 0. The van der Waals surface area contributed by atoms with E-state index in [9.17, 15) is 22.4 Å². The van der Waals surface area contributed by atoms with Crippen LogP contribution in [-0.2, 0) is 4.79 Å². The number of hydrogen-bond donors (Lipinski definition) is 0. The number of Topliss-reactive ketones (excluding diaryl/α,β-unsaturated/α-hetero) is 1. The van der Waals surface area contributed by atoms with Gasteiger partial charge < -0.3 is 0 Å². The van der Waals surface area contributed by atoms with Crippen LogP contribution in [0.15, 0.2) is 0 Å². The van der Waals surface area contributed by atoms with Crippen LogP contribution in [0.4, 0.5) is 17.6 Å². The lowest BCUT2D eigenvalue weighted by molar-refractivity contribution is -0.313. The van der Waals surface area contributed by atoms with Gasteiger partial charge >= 0.3 is 11.8 Å². The van der Waals surface area contributed by atoms with E-state index in [-0.39, 0.29) is 12.8 Å². The minimum Gasteiger partial charge on any atom is -0.292 e. The Hall–Kier alpha value is -0.610. The molecule has 14 heavy (non-hydrogen) atoms. The Labute approximate surface area is 78.5 Å². The van der Waals surface area contributed by atoms with Crippen LogP contribution in [0.25, 0.3) is 0 Å². The molecule has 80 valence electrons. The summed E-state index contributed by atoms with van der Waals surface area (Å²) in [5, 5.41) is 0. The van der Waals surface area contributed by atoms with E-state index in [2.05, 4.69) is 0 Å². The molecule has 2 fully saturated rings. The Morgan fingerprint density at radius 1 is 0.929 bits per heavy atom. The molecular formula is C9H10F4O. The van der Waals surface area contributed by atoms with Gasteiger partial charge in [0.05, 0.1) is 0 Å². The highest BCUT2D eigenvalue weighted by Crippen LogP contribution is 2.65. The number of rotatable bonds is 0. The molecule has 2 rings (SSSR count). The van der Waals surface area contributed by atoms with Gasteiger partial charge in [-0.05, 0) is 12.8 Å². The van der Waals surface area contributed by atoms with Crippen molar-refractivity contribution in [3.8, 4) is 0 Å². The first-order valence-electron chi connectivity index (χ1n) is 4.67. The Morgan fingerprint density at radius 2 is 1.43 bits per heavy atom. The maximum atomic E-state index is 13.1. The van der Waals surface area contributed by atoms with Crippen molar-refractivity contribution in [2.45, 2.75) is 43.9 Å². The fourth-order valence-corrected chi connectivity index (χ4v) is 2.52. The van der Waals surface area contributed by atoms with Crippen molar-refractivity contribution in [3.63, 3.8) is 0 Å². The molecule has 0 bridgehead atoms. The first-order valence-corrected chi connectivity index (χ1v) is 4.67. The van der Waals surface area contributed by atoms with E-state index in [1.165, 1.54) is 0 Å². The minimum atomic E-state index is -4.43. The van der Waals surface area contributed by atoms with Crippen molar-refractivity contribution in [3.05, 3.63) is 0 Å². The predicted molar refractivity (Wildman–Crippen MR) is 40.4 cm³/mol. The molecule has 2 aliphatic carbocycles. The standard InChI is InChI=1S/C9H10F4O/c10-8(11)6(14)7(9(8,12)13)4-2-1-3-5-7/h1-5H2. The van der Waals surface area contributed by atoms with E-state index in [0.29, 0.717) is 12.8 Å². The summed E-state index contributed by atoms with van der Waals surface area (Å²) in [4.78, 5) is 11.0. The maximum absolute atomic E-state index is 13.1. The van der Waals surface area contributed by atoms with Crippen LogP contribution in [0, 0.1) is 5.41 Å². The molecule has 1 spiro atoms. The van der Waals surface area contributed by atoms with Gasteiger partial charge in [0.15, 0.2) is 0 Å². The van der Waals surface area contributed by atoms with Gasteiger partial charge in [-0.25, -0.2) is 0 Å². The van der Waals surface area contributed by atoms with Gasteiger partial charge in [-0.1, -0.05) is 19.3 Å². The van der Waals surface area contributed by atoms with Crippen LogP contribution in [0.5, 0.6) is 0 Å². The lowest BCUT2D eigenvalue weighted by Gasteiger charge is -2.53. The van der Waals surface area contributed by atoms with Gasteiger partial charge in [0.1, 0.15) is 5.41 Å². The fourth-order valence-electron chi connectivity index (χ4n) is 2.52. The minimum absolute atomic E-state index is 0.0889. The molecule has 0 unspecified atom stereocenters. The highest BCUT2D eigenvalue weighted by atomic mass is 19.3. The molecule has 0 radical (unpaired) electrons. The third-order valence-electron chi connectivity index (χ3n) is 3.42.